The first kappa shape index (κ1) is 8.90. The van der Waals surface area contributed by atoms with E-state index < -0.39 is 0 Å². The Kier molecular flexibility index (Phi) is 20.0. The van der Waals surface area contributed by atoms with Crippen LogP contribution in [0.4, 0.5) is 0 Å². The fourth-order valence-electron chi connectivity index (χ4n) is 0. The fraction of sp³-hybridized carbons (Fsp3) is 0.500. The van der Waals surface area contributed by atoms with Crippen LogP contribution in [0, 0.1) is 40.8 Å². The van der Waals surface area contributed by atoms with E-state index in [0.29, 0.717) is 0 Å². The second kappa shape index (κ2) is 8.98. The second-order valence-electron chi connectivity index (χ2n) is 0.236. The first-order valence-electron chi connectivity index (χ1n) is 0.813. The Labute approximate surface area is 58.3 Å². The molecule has 0 spiro atoms. The van der Waals surface area contributed by atoms with Crippen LogP contribution in [0.2, 0.25) is 0 Å². The summed E-state index contributed by atoms with van der Waals surface area (Å²) >= 11 is 0. The molecule has 22 valence electrons. The van der Waals surface area contributed by atoms with Gasteiger partial charge in [-0.25, -0.2) is 0 Å². The Balaban J connectivity index is 0. The molecule has 0 aromatic rings. The van der Waals surface area contributed by atoms with E-state index in [9.17, 15) is 0 Å². The van der Waals surface area contributed by atoms with Gasteiger partial charge in [0.1, 0.15) is 6.29 Å². The van der Waals surface area contributed by atoms with Crippen LogP contribution in [0.5, 0.6) is 0 Å². The molecule has 0 atom stereocenters. The van der Waals surface area contributed by atoms with Crippen molar-refractivity contribution in [3.05, 3.63) is 0 Å². The zero-order chi connectivity index (χ0) is 2.71. The molecule has 0 unspecified atom stereocenters. The maximum absolute atomic E-state index is 8.81. The van der Waals surface area contributed by atoms with E-state index >= 15 is 0 Å². The molecule has 4 heavy (non-hydrogen) atoms. The van der Waals surface area contributed by atoms with Crippen molar-refractivity contribution in [2.75, 3.05) is 0 Å². The van der Waals surface area contributed by atoms with Gasteiger partial charge in [0.05, 0.1) is 0 Å². The maximum Gasteiger partial charge on any atom is 0.116 e. The third-order valence-corrected chi connectivity index (χ3v) is 0. The molecule has 0 bridgehead atoms. The summed E-state index contributed by atoms with van der Waals surface area (Å²) in [6, 6.07) is 0. The standard InChI is InChI=1S/C2H4O.Nd/c1-2-3;/h2H,1H3;. The quantitative estimate of drug-likeness (QED) is 0.497. The predicted octanol–water partition coefficient (Wildman–Crippen LogP) is 0.205. The summed E-state index contributed by atoms with van der Waals surface area (Å²) in [7, 11) is 0. The number of hydrogen-bond acceptors (Lipinski definition) is 1. The Hall–Kier alpha value is 1.02. The summed E-state index contributed by atoms with van der Waals surface area (Å²) in [6.45, 7) is 1.44. The molecule has 0 fully saturated rings. The zero-order valence-electron chi connectivity index (χ0n) is 2.49. The first-order chi connectivity index (χ1) is 1.41. The molecule has 0 aliphatic carbocycles. The van der Waals surface area contributed by atoms with E-state index in [2.05, 4.69) is 0 Å². The van der Waals surface area contributed by atoms with Crippen molar-refractivity contribution in [1.82, 2.24) is 0 Å². The average Bonchev–Trinajstić information content (AvgIpc) is 0.918. The zero-order valence-corrected chi connectivity index (χ0v) is 5.69. The van der Waals surface area contributed by atoms with Gasteiger partial charge in [-0.05, 0) is 6.92 Å². The van der Waals surface area contributed by atoms with Crippen LogP contribution in [0.15, 0.2) is 0 Å². The molecule has 0 amide bonds. The molecule has 0 N–H and O–H groups in total. The van der Waals surface area contributed by atoms with E-state index in [1.54, 1.807) is 0 Å². The molecular formula is C2H4NdO. The van der Waals surface area contributed by atoms with Crippen LogP contribution in [-0.2, 0) is 4.79 Å². The topological polar surface area (TPSA) is 17.1 Å². The Morgan fingerprint density at radius 2 is 1.75 bits per heavy atom. The van der Waals surface area contributed by atoms with Gasteiger partial charge in [-0.1, -0.05) is 0 Å². The van der Waals surface area contributed by atoms with Gasteiger partial charge < -0.3 is 4.79 Å². The fourth-order valence-corrected chi connectivity index (χ4v) is 0. The normalized spacial score (nSPS) is 3.25. The van der Waals surface area contributed by atoms with Gasteiger partial charge in [0.2, 0.25) is 0 Å². The molecule has 0 radical (unpaired) electrons. The maximum atomic E-state index is 8.81. The van der Waals surface area contributed by atoms with E-state index in [4.69, 9.17) is 4.79 Å². The summed E-state index contributed by atoms with van der Waals surface area (Å²) < 4.78 is 0. The minimum absolute atomic E-state index is 0. The van der Waals surface area contributed by atoms with Crippen molar-refractivity contribution < 1.29 is 45.6 Å². The molecule has 0 heterocycles. The van der Waals surface area contributed by atoms with Crippen molar-refractivity contribution in [3.63, 3.8) is 0 Å². The van der Waals surface area contributed by atoms with E-state index in [-0.39, 0.29) is 40.8 Å². The molecule has 0 rings (SSSR count). The summed E-state index contributed by atoms with van der Waals surface area (Å²) in [5, 5.41) is 0. The summed E-state index contributed by atoms with van der Waals surface area (Å²) in [4.78, 5) is 8.81. The number of carbonyl (C=O) groups is 1. The van der Waals surface area contributed by atoms with Crippen molar-refractivity contribution in [2.45, 2.75) is 6.92 Å². The number of carbonyl (C=O) groups excluding carboxylic acids is 1. The minimum Gasteiger partial charge on any atom is -0.304 e. The van der Waals surface area contributed by atoms with Crippen molar-refractivity contribution in [3.8, 4) is 0 Å². The first-order valence-corrected chi connectivity index (χ1v) is 0.813. The molecule has 0 aromatic carbocycles. The van der Waals surface area contributed by atoms with E-state index in [1.165, 1.54) is 6.92 Å². The Bertz CT molecular complexity index is 13.5. The molecule has 0 aliphatic heterocycles. The molecule has 0 aliphatic rings. The van der Waals surface area contributed by atoms with Crippen molar-refractivity contribution >= 4 is 6.29 Å². The minimum atomic E-state index is 0. The monoisotopic (exact) mass is 186 g/mol. The number of aldehydes is 1. The average molecular weight is 188 g/mol. The van der Waals surface area contributed by atoms with Gasteiger partial charge in [0.25, 0.3) is 0 Å². The third-order valence-electron chi connectivity index (χ3n) is 0. The van der Waals surface area contributed by atoms with Crippen LogP contribution in [0.1, 0.15) is 6.92 Å². The van der Waals surface area contributed by atoms with E-state index in [0.717, 1.165) is 6.29 Å². The largest absolute Gasteiger partial charge is 0.304 e. The molecule has 2 heteroatoms. The predicted molar refractivity (Wildman–Crippen MR) is 11.7 cm³/mol. The third kappa shape index (κ3) is 11.8. The van der Waals surface area contributed by atoms with Crippen molar-refractivity contribution in [1.29, 1.82) is 0 Å². The van der Waals surface area contributed by atoms with Gasteiger partial charge in [-0.15, -0.1) is 0 Å². The van der Waals surface area contributed by atoms with Crippen molar-refractivity contribution in [2.24, 2.45) is 0 Å². The smallest absolute Gasteiger partial charge is 0.116 e. The summed E-state index contributed by atoms with van der Waals surface area (Å²) in [5.41, 5.74) is 0. The van der Waals surface area contributed by atoms with Crippen LogP contribution in [-0.4, -0.2) is 6.29 Å². The van der Waals surface area contributed by atoms with Gasteiger partial charge in [0.15, 0.2) is 0 Å². The van der Waals surface area contributed by atoms with Gasteiger partial charge in [-0.2, -0.15) is 0 Å². The Morgan fingerprint density at radius 3 is 1.75 bits per heavy atom. The molecule has 1 nitrogen and oxygen atoms in total. The van der Waals surface area contributed by atoms with Gasteiger partial charge in [0, 0.05) is 40.8 Å². The summed E-state index contributed by atoms with van der Waals surface area (Å²) in [6.07, 6.45) is 0.750. The summed E-state index contributed by atoms with van der Waals surface area (Å²) in [5.74, 6) is 0. The van der Waals surface area contributed by atoms with Gasteiger partial charge in [-0.3, -0.25) is 0 Å². The van der Waals surface area contributed by atoms with Crippen LogP contribution >= 0.6 is 0 Å². The Morgan fingerprint density at radius 1 is 1.75 bits per heavy atom. The second-order valence-corrected chi connectivity index (χ2v) is 0.236. The molecule has 0 saturated heterocycles. The number of hydrogen-bond donors (Lipinski definition) is 0. The SMILES string of the molecule is CC=O.[Nd]. The van der Waals surface area contributed by atoms with Crippen LogP contribution < -0.4 is 0 Å². The number of rotatable bonds is 0. The van der Waals surface area contributed by atoms with E-state index in [1.807, 2.05) is 0 Å². The van der Waals surface area contributed by atoms with Crippen LogP contribution in [0.25, 0.3) is 0 Å². The van der Waals surface area contributed by atoms with Crippen LogP contribution in [0.3, 0.4) is 0 Å². The van der Waals surface area contributed by atoms with Gasteiger partial charge >= 0.3 is 0 Å². The molecular weight excluding hydrogens is 184 g/mol. The molecule has 0 aromatic heterocycles. The molecule has 0 saturated carbocycles.